The largest absolute Gasteiger partial charge is 0.394 e. The minimum atomic E-state index is -1.37. The number of hydrogen-bond donors (Lipinski definition) is 6. The summed E-state index contributed by atoms with van der Waals surface area (Å²) in [5.74, 6) is 0.378. The molecule has 4 rings (SSSR count). The molecule has 0 amide bonds. The molecule has 7 nitrogen and oxygen atoms in total. The Labute approximate surface area is 136 Å². The highest BCUT2D eigenvalue weighted by molar-refractivity contribution is 5.91. The van der Waals surface area contributed by atoms with Gasteiger partial charge in [-0.1, -0.05) is 13.3 Å². The Kier molecular flexibility index (Phi) is 4.32. The maximum atomic E-state index is 13.0. The first kappa shape index (κ1) is 17.3. The van der Waals surface area contributed by atoms with Gasteiger partial charge >= 0.3 is 0 Å². The van der Waals surface area contributed by atoms with E-state index < -0.39 is 24.9 Å². The third-order valence-corrected chi connectivity index (χ3v) is 6.28. The predicted molar refractivity (Wildman–Crippen MR) is 80.7 cm³/mol. The van der Waals surface area contributed by atoms with Crippen molar-refractivity contribution in [2.75, 3.05) is 32.8 Å². The van der Waals surface area contributed by atoms with Crippen molar-refractivity contribution in [1.29, 1.82) is 0 Å². The highest BCUT2D eigenvalue weighted by Crippen LogP contribution is 2.38. The van der Waals surface area contributed by atoms with Gasteiger partial charge in [-0.25, -0.2) is 0 Å². The van der Waals surface area contributed by atoms with Crippen molar-refractivity contribution >= 4 is 5.78 Å². The van der Waals surface area contributed by atoms with Gasteiger partial charge in [0.2, 0.25) is 6.17 Å². The lowest BCUT2D eigenvalue weighted by molar-refractivity contribution is -1.17. The molecule has 0 aromatic heterocycles. The minimum absolute atomic E-state index is 0.252. The second kappa shape index (κ2) is 5.75. The number of aliphatic hydroxyl groups excluding tert-OH is 4. The molecule has 0 aliphatic carbocycles. The molecule has 132 valence electrons. The lowest BCUT2D eigenvalue weighted by atomic mass is 9.59. The molecule has 5 atom stereocenters. The molecule has 4 bridgehead atoms. The number of quaternary nitrogens is 2. The zero-order valence-corrected chi connectivity index (χ0v) is 14.0. The summed E-state index contributed by atoms with van der Waals surface area (Å²) in [5.41, 5.74) is -0.658. The zero-order chi connectivity index (χ0) is 17.0. The van der Waals surface area contributed by atoms with Gasteiger partial charge in [0.25, 0.3) is 0 Å². The number of carbonyl (C=O) groups is 1. The van der Waals surface area contributed by atoms with Crippen LogP contribution < -0.4 is 9.80 Å². The molecule has 23 heavy (non-hydrogen) atoms. The first-order valence-electron chi connectivity index (χ1n) is 8.67. The third kappa shape index (κ3) is 2.45. The average molecular weight is 330 g/mol. The number of Topliss-reactive ketones (excluding diaryl/α,β-unsaturated/α-hetero) is 1. The van der Waals surface area contributed by atoms with Gasteiger partial charge in [0.1, 0.15) is 36.1 Å². The van der Waals surface area contributed by atoms with E-state index >= 15 is 0 Å². The van der Waals surface area contributed by atoms with Crippen molar-refractivity contribution in [2.45, 2.75) is 51.2 Å². The number of rotatable bonds is 6. The fraction of sp³-hybridized carbons (Fsp3) is 0.938. The van der Waals surface area contributed by atoms with Gasteiger partial charge < -0.3 is 20.4 Å². The van der Waals surface area contributed by atoms with Crippen LogP contribution in [0.15, 0.2) is 0 Å². The fourth-order valence-corrected chi connectivity index (χ4v) is 5.60. The van der Waals surface area contributed by atoms with E-state index in [1.807, 2.05) is 6.92 Å². The van der Waals surface area contributed by atoms with Gasteiger partial charge in [0.05, 0.1) is 19.7 Å². The summed E-state index contributed by atoms with van der Waals surface area (Å²) in [6.45, 7) is 6.28. The topological polar surface area (TPSA) is 107 Å². The Balaban J connectivity index is 1.86. The molecule has 0 spiro atoms. The van der Waals surface area contributed by atoms with Crippen molar-refractivity contribution in [3.8, 4) is 0 Å². The first-order valence-corrected chi connectivity index (χ1v) is 8.67. The van der Waals surface area contributed by atoms with Gasteiger partial charge in [0, 0.05) is 0 Å². The van der Waals surface area contributed by atoms with E-state index in [2.05, 4.69) is 6.92 Å². The van der Waals surface area contributed by atoms with Crippen molar-refractivity contribution in [3.05, 3.63) is 0 Å². The van der Waals surface area contributed by atoms with Crippen molar-refractivity contribution in [2.24, 2.45) is 10.8 Å². The molecule has 4 aliphatic rings. The summed E-state index contributed by atoms with van der Waals surface area (Å²) >= 11 is 0. The van der Waals surface area contributed by atoms with Crippen molar-refractivity contribution in [1.82, 2.24) is 0 Å². The van der Waals surface area contributed by atoms with Crippen molar-refractivity contribution in [3.63, 3.8) is 0 Å². The Bertz CT molecular complexity index is 469. The van der Waals surface area contributed by atoms with Crippen LogP contribution in [0.25, 0.3) is 0 Å². The standard InChI is InChI=1S/C16H28N2O5/c1-3-4-16-8-17-6-15(2,14(16)23)7-18(9-16)13(17)12(22)11(21)10(20)5-19/h10-13,19-22H,3-9H2,1-2H3/p+2. The lowest BCUT2D eigenvalue weighted by Gasteiger charge is -2.60. The number of ketones is 1. The molecule has 5 unspecified atom stereocenters. The quantitative estimate of drug-likeness (QED) is 0.295. The summed E-state index contributed by atoms with van der Waals surface area (Å²) in [6.07, 6.45) is -2.24. The summed E-state index contributed by atoms with van der Waals surface area (Å²) < 4.78 is 0. The van der Waals surface area contributed by atoms with Gasteiger partial charge in [-0.05, 0) is 13.3 Å². The Hall–Kier alpha value is -0.570. The highest BCUT2D eigenvalue weighted by Gasteiger charge is 2.70. The fourth-order valence-electron chi connectivity index (χ4n) is 5.60. The summed E-state index contributed by atoms with van der Waals surface area (Å²) in [6, 6.07) is 0. The van der Waals surface area contributed by atoms with Gasteiger partial charge in [0.15, 0.2) is 11.9 Å². The number of nitrogens with one attached hydrogen (secondary N) is 2. The molecule has 4 fully saturated rings. The molecule has 6 N–H and O–H groups in total. The van der Waals surface area contributed by atoms with Crippen LogP contribution in [0.3, 0.4) is 0 Å². The Morgan fingerprint density at radius 3 is 2.22 bits per heavy atom. The van der Waals surface area contributed by atoms with Crippen LogP contribution in [0, 0.1) is 10.8 Å². The minimum Gasteiger partial charge on any atom is -0.394 e. The molecular weight excluding hydrogens is 300 g/mol. The monoisotopic (exact) mass is 330 g/mol. The number of piperidine rings is 2. The average Bonchev–Trinajstić information content (AvgIpc) is 2.49. The van der Waals surface area contributed by atoms with Gasteiger partial charge in [-0.2, -0.15) is 0 Å². The molecule has 0 aromatic rings. The second-order valence-corrected chi connectivity index (χ2v) is 8.15. The first-order chi connectivity index (χ1) is 10.8. The van der Waals surface area contributed by atoms with Gasteiger partial charge in [-0.3, -0.25) is 14.6 Å². The van der Waals surface area contributed by atoms with Crippen LogP contribution in [0.2, 0.25) is 0 Å². The molecule has 0 aromatic carbocycles. The Morgan fingerprint density at radius 2 is 1.74 bits per heavy atom. The normalized spacial score (nSPS) is 46.0. The molecule has 7 heteroatoms. The van der Waals surface area contributed by atoms with Crippen LogP contribution in [0.1, 0.15) is 26.7 Å². The number of hydrogen-bond acceptors (Lipinski definition) is 5. The van der Waals surface area contributed by atoms with E-state index in [4.69, 9.17) is 5.11 Å². The van der Waals surface area contributed by atoms with E-state index in [1.165, 1.54) is 0 Å². The molecule has 4 saturated heterocycles. The number of aliphatic hydroxyl groups is 4. The molecule has 0 radical (unpaired) electrons. The Morgan fingerprint density at radius 1 is 1.17 bits per heavy atom. The molecule has 4 aliphatic heterocycles. The van der Waals surface area contributed by atoms with Gasteiger partial charge in [-0.15, -0.1) is 0 Å². The van der Waals surface area contributed by atoms with Crippen LogP contribution in [0.5, 0.6) is 0 Å². The maximum absolute atomic E-state index is 13.0. The summed E-state index contributed by atoms with van der Waals surface area (Å²) in [4.78, 5) is 15.2. The second-order valence-electron chi connectivity index (χ2n) is 8.15. The summed E-state index contributed by atoms with van der Waals surface area (Å²) in [5, 5.41) is 39.3. The van der Waals surface area contributed by atoms with Crippen LogP contribution in [-0.4, -0.2) is 83.5 Å². The highest BCUT2D eigenvalue weighted by atomic mass is 16.4. The molecular formula is C16H30N2O5+2. The predicted octanol–water partition coefficient (Wildman–Crippen LogP) is -4.44. The van der Waals surface area contributed by atoms with E-state index in [1.54, 1.807) is 0 Å². The SMILES string of the molecule is CCCC12C[NH+]3CC(C)(C[NH+](C1)C3C(O)C(O)C(O)CO)C2=O. The summed E-state index contributed by atoms with van der Waals surface area (Å²) in [7, 11) is 0. The van der Waals surface area contributed by atoms with E-state index in [-0.39, 0.29) is 17.0 Å². The smallest absolute Gasteiger partial charge is 0.242 e. The van der Waals surface area contributed by atoms with Crippen molar-refractivity contribution < 1.29 is 35.0 Å². The number of carbonyl (C=O) groups excluding carboxylic acids is 1. The van der Waals surface area contributed by atoms with Crippen LogP contribution >= 0.6 is 0 Å². The van der Waals surface area contributed by atoms with Crippen LogP contribution in [-0.2, 0) is 4.79 Å². The molecule has 0 saturated carbocycles. The third-order valence-electron chi connectivity index (χ3n) is 6.28. The van der Waals surface area contributed by atoms with Crippen LogP contribution in [0.4, 0.5) is 0 Å². The zero-order valence-electron chi connectivity index (χ0n) is 14.0. The lowest BCUT2D eigenvalue weighted by Crippen LogP contribution is -3.46. The van der Waals surface area contributed by atoms with E-state index in [9.17, 15) is 20.1 Å². The van der Waals surface area contributed by atoms with E-state index in [0.717, 1.165) is 22.6 Å². The van der Waals surface area contributed by atoms with E-state index in [0.29, 0.717) is 32.0 Å². The maximum Gasteiger partial charge on any atom is 0.242 e. The molecule has 4 heterocycles.